The lowest BCUT2D eigenvalue weighted by molar-refractivity contribution is 0.102. The van der Waals surface area contributed by atoms with Gasteiger partial charge in [0.05, 0.1) is 11.4 Å². The zero-order chi connectivity index (χ0) is 13.3. The SMILES string of the molecule is Cc1[nH]nc(NC(=O)c2c(O)cccc2O)c1N. The molecule has 0 aliphatic carbocycles. The van der Waals surface area contributed by atoms with Gasteiger partial charge in [-0.25, -0.2) is 0 Å². The maximum absolute atomic E-state index is 11.9. The third-order valence-electron chi connectivity index (χ3n) is 2.47. The van der Waals surface area contributed by atoms with E-state index < -0.39 is 5.91 Å². The fourth-order valence-electron chi connectivity index (χ4n) is 1.46. The molecule has 7 heteroatoms. The number of amides is 1. The molecule has 0 saturated heterocycles. The summed E-state index contributed by atoms with van der Waals surface area (Å²) in [6, 6.07) is 4.02. The Kier molecular flexibility index (Phi) is 2.80. The first-order valence-electron chi connectivity index (χ1n) is 5.13. The summed E-state index contributed by atoms with van der Waals surface area (Å²) in [4.78, 5) is 11.9. The monoisotopic (exact) mass is 248 g/mol. The van der Waals surface area contributed by atoms with Gasteiger partial charge in [-0.15, -0.1) is 0 Å². The summed E-state index contributed by atoms with van der Waals surface area (Å²) in [5.41, 5.74) is 6.37. The molecule has 0 atom stereocenters. The largest absolute Gasteiger partial charge is 0.507 e. The van der Waals surface area contributed by atoms with Crippen molar-refractivity contribution in [3.63, 3.8) is 0 Å². The molecule has 2 aromatic rings. The van der Waals surface area contributed by atoms with Gasteiger partial charge < -0.3 is 21.3 Å². The third-order valence-corrected chi connectivity index (χ3v) is 2.47. The van der Waals surface area contributed by atoms with Crippen molar-refractivity contribution in [1.29, 1.82) is 0 Å². The number of benzene rings is 1. The lowest BCUT2D eigenvalue weighted by atomic mass is 10.1. The maximum Gasteiger partial charge on any atom is 0.264 e. The number of aryl methyl sites for hydroxylation is 1. The molecule has 1 aromatic carbocycles. The van der Waals surface area contributed by atoms with Crippen molar-refractivity contribution < 1.29 is 15.0 Å². The standard InChI is InChI=1S/C11H12N4O3/c1-5-9(12)10(15-14-5)13-11(18)8-6(16)3-2-4-7(8)17/h2-4,16-17H,12H2,1H3,(H2,13,14,15,18). The van der Waals surface area contributed by atoms with Gasteiger partial charge in [-0.3, -0.25) is 9.89 Å². The van der Waals surface area contributed by atoms with Gasteiger partial charge in [-0.2, -0.15) is 5.10 Å². The summed E-state index contributed by atoms with van der Waals surface area (Å²) >= 11 is 0. The van der Waals surface area contributed by atoms with E-state index in [-0.39, 0.29) is 22.9 Å². The number of anilines is 2. The topological polar surface area (TPSA) is 124 Å². The summed E-state index contributed by atoms with van der Waals surface area (Å²) < 4.78 is 0. The van der Waals surface area contributed by atoms with Crippen LogP contribution in [0.15, 0.2) is 18.2 Å². The van der Waals surface area contributed by atoms with Crippen molar-refractivity contribution in [2.45, 2.75) is 6.92 Å². The molecule has 0 bridgehead atoms. The number of carbonyl (C=O) groups excluding carboxylic acids is 1. The molecule has 2 rings (SSSR count). The molecular formula is C11H12N4O3. The third kappa shape index (κ3) is 1.93. The molecule has 0 fully saturated rings. The van der Waals surface area contributed by atoms with Crippen LogP contribution in [0.1, 0.15) is 16.1 Å². The van der Waals surface area contributed by atoms with Crippen molar-refractivity contribution >= 4 is 17.4 Å². The van der Waals surface area contributed by atoms with E-state index in [1.165, 1.54) is 18.2 Å². The first-order chi connectivity index (χ1) is 8.50. The van der Waals surface area contributed by atoms with Gasteiger partial charge in [0.2, 0.25) is 0 Å². The molecule has 0 spiro atoms. The van der Waals surface area contributed by atoms with Crippen LogP contribution in [0.2, 0.25) is 0 Å². The van der Waals surface area contributed by atoms with Crippen LogP contribution in [0.3, 0.4) is 0 Å². The Balaban J connectivity index is 2.31. The molecule has 18 heavy (non-hydrogen) atoms. The normalized spacial score (nSPS) is 10.3. The molecule has 0 aliphatic rings. The minimum absolute atomic E-state index is 0.153. The molecule has 0 saturated carbocycles. The van der Waals surface area contributed by atoms with Crippen molar-refractivity contribution in [2.24, 2.45) is 0 Å². The van der Waals surface area contributed by atoms with Crippen LogP contribution in [0.5, 0.6) is 11.5 Å². The Labute approximate surface area is 102 Å². The summed E-state index contributed by atoms with van der Waals surface area (Å²) in [6.07, 6.45) is 0. The highest BCUT2D eigenvalue weighted by molar-refractivity contribution is 6.08. The second-order valence-corrected chi connectivity index (χ2v) is 3.74. The number of phenolic OH excluding ortho intramolecular Hbond substituents is 2. The number of phenols is 2. The Morgan fingerprint density at radius 3 is 2.50 bits per heavy atom. The minimum atomic E-state index is -0.691. The highest BCUT2D eigenvalue weighted by atomic mass is 16.3. The number of H-pyrrole nitrogens is 1. The predicted octanol–water partition coefficient (Wildman–Crippen LogP) is 0.964. The van der Waals surface area contributed by atoms with E-state index in [2.05, 4.69) is 15.5 Å². The molecule has 0 unspecified atom stereocenters. The van der Waals surface area contributed by atoms with Gasteiger partial charge in [0.1, 0.15) is 17.1 Å². The summed E-state index contributed by atoms with van der Waals surface area (Å²) in [5.74, 6) is -1.18. The van der Waals surface area contributed by atoms with Gasteiger partial charge in [0.25, 0.3) is 5.91 Å². The molecular weight excluding hydrogens is 236 g/mol. The van der Waals surface area contributed by atoms with Gasteiger partial charge in [0.15, 0.2) is 5.82 Å². The molecule has 0 aliphatic heterocycles. The van der Waals surface area contributed by atoms with Gasteiger partial charge in [0, 0.05) is 0 Å². The Bertz CT molecular complexity index is 586. The molecule has 0 radical (unpaired) electrons. The smallest absolute Gasteiger partial charge is 0.264 e. The number of carbonyl (C=O) groups is 1. The van der Waals surface area contributed by atoms with Crippen LogP contribution in [0.4, 0.5) is 11.5 Å². The molecule has 7 nitrogen and oxygen atoms in total. The summed E-state index contributed by atoms with van der Waals surface area (Å²) in [6.45, 7) is 1.70. The maximum atomic E-state index is 11.9. The van der Waals surface area contributed by atoms with E-state index in [0.717, 1.165) is 0 Å². The Hall–Kier alpha value is -2.70. The van der Waals surface area contributed by atoms with Gasteiger partial charge in [-0.05, 0) is 19.1 Å². The number of hydrogen-bond acceptors (Lipinski definition) is 5. The van der Waals surface area contributed by atoms with Crippen LogP contribution in [-0.4, -0.2) is 26.3 Å². The zero-order valence-corrected chi connectivity index (χ0v) is 9.56. The van der Waals surface area contributed by atoms with Gasteiger partial charge >= 0.3 is 0 Å². The fraction of sp³-hybridized carbons (Fsp3) is 0.0909. The highest BCUT2D eigenvalue weighted by Gasteiger charge is 2.18. The van der Waals surface area contributed by atoms with E-state index in [1.807, 2.05) is 0 Å². The second kappa shape index (κ2) is 4.28. The van der Waals surface area contributed by atoms with Crippen molar-refractivity contribution in [3.05, 3.63) is 29.5 Å². The molecule has 1 amide bonds. The predicted molar refractivity (Wildman–Crippen MR) is 65.5 cm³/mol. The first-order valence-corrected chi connectivity index (χ1v) is 5.13. The lowest BCUT2D eigenvalue weighted by Gasteiger charge is -2.06. The number of aromatic amines is 1. The van der Waals surface area contributed by atoms with Crippen LogP contribution in [-0.2, 0) is 0 Å². The number of rotatable bonds is 2. The highest BCUT2D eigenvalue weighted by Crippen LogP contribution is 2.28. The number of nitrogens with zero attached hydrogens (tertiary/aromatic N) is 1. The average Bonchev–Trinajstić information content (AvgIpc) is 2.61. The minimum Gasteiger partial charge on any atom is -0.507 e. The first kappa shape index (κ1) is 11.8. The van der Waals surface area contributed by atoms with Crippen LogP contribution >= 0.6 is 0 Å². The Morgan fingerprint density at radius 1 is 1.39 bits per heavy atom. The van der Waals surface area contributed by atoms with E-state index in [0.29, 0.717) is 11.4 Å². The fourth-order valence-corrected chi connectivity index (χ4v) is 1.46. The van der Waals surface area contributed by atoms with E-state index in [4.69, 9.17) is 5.73 Å². The molecule has 1 heterocycles. The molecule has 6 N–H and O–H groups in total. The second-order valence-electron chi connectivity index (χ2n) is 3.74. The van der Waals surface area contributed by atoms with Gasteiger partial charge in [-0.1, -0.05) is 6.07 Å². The molecule has 94 valence electrons. The quantitative estimate of drug-likeness (QED) is 0.541. The van der Waals surface area contributed by atoms with Crippen LogP contribution in [0, 0.1) is 6.92 Å². The number of aromatic nitrogens is 2. The average molecular weight is 248 g/mol. The van der Waals surface area contributed by atoms with Crippen LogP contribution < -0.4 is 11.1 Å². The van der Waals surface area contributed by atoms with E-state index in [9.17, 15) is 15.0 Å². The van der Waals surface area contributed by atoms with E-state index in [1.54, 1.807) is 6.92 Å². The number of nitrogen functional groups attached to an aromatic ring is 1. The van der Waals surface area contributed by atoms with Crippen molar-refractivity contribution in [1.82, 2.24) is 10.2 Å². The summed E-state index contributed by atoms with van der Waals surface area (Å²) in [7, 11) is 0. The Morgan fingerprint density at radius 2 is 2.00 bits per heavy atom. The number of nitrogens with two attached hydrogens (primary N) is 1. The number of aromatic hydroxyl groups is 2. The molecule has 1 aromatic heterocycles. The van der Waals surface area contributed by atoms with E-state index >= 15 is 0 Å². The zero-order valence-electron chi connectivity index (χ0n) is 9.56. The van der Waals surface area contributed by atoms with Crippen molar-refractivity contribution in [2.75, 3.05) is 11.1 Å². The number of hydrogen-bond donors (Lipinski definition) is 5. The summed E-state index contributed by atoms with van der Waals surface area (Å²) in [5, 5.41) is 27.9. The van der Waals surface area contributed by atoms with Crippen molar-refractivity contribution in [3.8, 4) is 11.5 Å². The lowest BCUT2D eigenvalue weighted by Crippen LogP contribution is -2.13. The van der Waals surface area contributed by atoms with Crippen LogP contribution in [0.25, 0.3) is 0 Å². The number of nitrogens with one attached hydrogen (secondary N) is 2.